The molecule has 2 unspecified atom stereocenters. The molecule has 0 saturated carbocycles. The van der Waals surface area contributed by atoms with E-state index in [9.17, 15) is 22.8 Å². The van der Waals surface area contributed by atoms with E-state index in [1.54, 1.807) is 6.92 Å². The van der Waals surface area contributed by atoms with Crippen LogP contribution in [0.2, 0.25) is 0 Å². The predicted octanol–water partition coefficient (Wildman–Crippen LogP) is 2.59. The summed E-state index contributed by atoms with van der Waals surface area (Å²) in [6.45, 7) is 5.09. The van der Waals surface area contributed by atoms with Gasteiger partial charge < -0.3 is 16.0 Å². The molecule has 0 saturated heterocycles. The second-order valence-electron chi connectivity index (χ2n) is 5.04. The van der Waals surface area contributed by atoms with Gasteiger partial charge in [-0.05, 0) is 32.4 Å². The highest BCUT2D eigenvalue weighted by molar-refractivity contribution is 5.86. The Morgan fingerprint density at radius 3 is 2.30 bits per heavy atom. The van der Waals surface area contributed by atoms with Crippen LogP contribution >= 0.6 is 0 Å². The lowest BCUT2D eigenvalue weighted by Gasteiger charge is -2.21. The van der Waals surface area contributed by atoms with Gasteiger partial charge in [-0.3, -0.25) is 4.79 Å². The number of nitrogens with one attached hydrogen (secondary N) is 3. The monoisotopic (exact) mass is 331 g/mol. The summed E-state index contributed by atoms with van der Waals surface area (Å²) in [5, 5.41) is 7.32. The van der Waals surface area contributed by atoms with Crippen LogP contribution in [-0.2, 0) is 11.0 Å². The van der Waals surface area contributed by atoms with E-state index < -0.39 is 29.9 Å². The number of alkyl halides is 3. The molecule has 1 rings (SSSR count). The quantitative estimate of drug-likeness (QED) is 0.776. The summed E-state index contributed by atoms with van der Waals surface area (Å²) in [4.78, 5) is 23.3. The molecule has 0 aliphatic carbocycles. The summed E-state index contributed by atoms with van der Waals surface area (Å²) in [5.74, 6) is -0.369. The van der Waals surface area contributed by atoms with Crippen molar-refractivity contribution < 1.29 is 22.8 Å². The smallest absolute Gasteiger partial charge is 0.355 e. The van der Waals surface area contributed by atoms with Gasteiger partial charge in [0.2, 0.25) is 5.91 Å². The van der Waals surface area contributed by atoms with Crippen LogP contribution < -0.4 is 16.0 Å². The van der Waals surface area contributed by atoms with E-state index in [0.717, 1.165) is 6.07 Å². The molecular formula is C15H20F3N3O2. The number of hydrogen-bond acceptors (Lipinski definition) is 2. The molecule has 128 valence electrons. The molecule has 3 amide bonds. The van der Waals surface area contributed by atoms with Crippen LogP contribution in [0.3, 0.4) is 0 Å². The van der Waals surface area contributed by atoms with Crippen LogP contribution in [0.1, 0.15) is 37.9 Å². The molecule has 0 heterocycles. The van der Waals surface area contributed by atoms with Crippen molar-refractivity contribution >= 4 is 11.9 Å². The Morgan fingerprint density at radius 1 is 1.13 bits per heavy atom. The van der Waals surface area contributed by atoms with Crippen molar-refractivity contribution in [2.75, 3.05) is 6.54 Å². The van der Waals surface area contributed by atoms with E-state index in [4.69, 9.17) is 0 Å². The number of halogens is 3. The Morgan fingerprint density at radius 2 is 1.74 bits per heavy atom. The Bertz CT molecular complexity index is 561. The van der Waals surface area contributed by atoms with Crippen LogP contribution in [0, 0.1) is 0 Å². The normalized spacial score (nSPS) is 13.8. The standard InChI is InChI=1S/C15H20F3N3O2/c1-4-19-13(22)10(3)21-14(23)20-9(2)11-7-5-6-8-12(11)15(16,17)18/h5-10H,4H2,1-3H3,(H,19,22)(H2,20,21,23). The molecule has 0 spiro atoms. The molecular weight excluding hydrogens is 311 g/mol. The van der Waals surface area contributed by atoms with E-state index in [1.807, 2.05) is 0 Å². The van der Waals surface area contributed by atoms with Gasteiger partial charge >= 0.3 is 12.2 Å². The second kappa shape index (κ2) is 7.85. The van der Waals surface area contributed by atoms with E-state index in [1.165, 1.54) is 32.0 Å². The molecule has 1 aromatic rings. The molecule has 0 aromatic heterocycles. The molecule has 5 nitrogen and oxygen atoms in total. The summed E-state index contributed by atoms with van der Waals surface area (Å²) in [6, 6.07) is 2.65. The van der Waals surface area contributed by atoms with Crippen LogP contribution in [0.15, 0.2) is 24.3 Å². The second-order valence-corrected chi connectivity index (χ2v) is 5.04. The van der Waals surface area contributed by atoms with E-state index in [0.29, 0.717) is 6.54 Å². The van der Waals surface area contributed by atoms with Crippen LogP contribution in [0.4, 0.5) is 18.0 Å². The molecule has 0 aliphatic heterocycles. The van der Waals surface area contributed by atoms with Gasteiger partial charge in [0.05, 0.1) is 11.6 Å². The van der Waals surface area contributed by atoms with Crippen molar-refractivity contribution in [2.24, 2.45) is 0 Å². The van der Waals surface area contributed by atoms with Gasteiger partial charge in [-0.1, -0.05) is 18.2 Å². The van der Waals surface area contributed by atoms with Crippen molar-refractivity contribution in [3.8, 4) is 0 Å². The summed E-state index contributed by atoms with van der Waals surface area (Å²) >= 11 is 0. The third-order valence-corrected chi connectivity index (χ3v) is 3.17. The third kappa shape index (κ3) is 5.46. The molecule has 0 fully saturated rings. The minimum absolute atomic E-state index is 0.0409. The highest BCUT2D eigenvalue weighted by Gasteiger charge is 2.34. The van der Waals surface area contributed by atoms with Gasteiger partial charge in [0, 0.05) is 6.54 Å². The van der Waals surface area contributed by atoms with E-state index in [2.05, 4.69) is 16.0 Å². The number of hydrogen-bond donors (Lipinski definition) is 3. The summed E-state index contributed by atoms with van der Waals surface area (Å²) in [7, 11) is 0. The third-order valence-electron chi connectivity index (χ3n) is 3.17. The first kappa shape index (κ1) is 18.8. The maximum Gasteiger partial charge on any atom is 0.416 e. The molecule has 3 N–H and O–H groups in total. The zero-order chi connectivity index (χ0) is 17.6. The first-order chi connectivity index (χ1) is 10.7. The molecule has 1 aromatic carbocycles. The van der Waals surface area contributed by atoms with Crippen molar-refractivity contribution in [2.45, 2.75) is 39.0 Å². The van der Waals surface area contributed by atoms with Crippen LogP contribution in [0.5, 0.6) is 0 Å². The van der Waals surface area contributed by atoms with Gasteiger partial charge in [-0.25, -0.2) is 4.79 Å². The number of urea groups is 1. The number of rotatable bonds is 5. The van der Waals surface area contributed by atoms with Crippen LogP contribution in [0.25, 0.3) is 0 Å². The Kier molecular flexibility index (Phi) is 6.41. The fraction of sp³-hybridized carbons (Fsp3) is 0.467. The number of amides is 3. The van der Waals surface area contributed by atoms with Gasteiger partial charge in [0.1, 0.15) is 6.04 Å². The maximum absolute atomic E-state index is 13.0. The Labute approximate surface area is 132 Å². The Balaban J connectivity index is 2.75. The predicted molar refractivity (Wildman–Crippen MR) is 79.7 cm³/mol. The van der Waals surface area contributed by atoms with Crippen molar-refractivity contribution in [1.29, 1.82) is 0 Å². The fourth-order valence-corrected chi connectivity index (χ4v) is 2.04. The highest BCUT2D eigenvalue weighted by Crippen LogP contribution is 2.34. The van der Waals surface area contributed by atoms with E-state index >= 15 is 0 Å². The Hall–Kier alpha value is -2.25. The maximum atomic E-state index is 13.0. The van der Waals surface area contributed by atoms with Crippen molar-refractivity contribution in [3.05, 3.63) is 35.4 Å². The topological polar surface area (TPSA) is 70.2 Å². The minimum atomic E-state index is -4.50. The van der Waals surface area contributed by atoms with E-state index in [-0.39, 0.29) is 11.5 Å². The summed E-state index contributed by atoms with van der Waals surface area (Å²) in [6.07, 6.45) is -4.50. The fourth-order valence-electron chi connectivity index (χ4n) is 2.04. The number of carbonyl (C=O) groups excluding carboxylic acids is 2. The average molecular weight is 331 g/mol. The molecule has 0 aliphatic rings. The minimum Gasteiger partial charge on any atom is -0.355 e. The first-order valence-corrected chi connectivity index (χ1v) is 7.17. The molecule has 23 heavy (non-hydrogen) atoms. The molecule has 8 heteroatoms. The van der Waals surface area contributed by atoms with Crippen molar-refractivity contribution in [1.82, 2.24) is 16.0 Å². The zero-order valence-corrected chi connectivity index (χ0v) is 13.1. The number of benzene rings is 1. The number of likely N-dealkylation sites (N-methyl/N-ethyl adjacent to an activating group) is 1. The largest absolute Gasteiger partial charge is 0.416 e. The lowest BCUT2D eigenvalue weighted by Crippen LogP contribution is -2.48. The van der Waals surface area contributed by atoms with Gasteiger partial charge in [0.25, 0.3) is 0 Å². The first-order valence-electron chi connectivity index (χ1n) is 7.17. The average Bonchev–Trinajstić information content (AvgIpc) is 2.46. The number of carbonyl (C=O) groups is 2. The van der Waals surface area contributed by atoms with Gasteiger partial charge in [-0.15, -0.1) is 0 Å². The molecule has 0 radical (unpaired) electrons. The van der Waals surface area contributed by atoms with Gasteiger partial charge in [-0.2, -0.15) is 13.2 Å². The lowest BCUT2D eigenvalue weighted by atomic mass is 10.0. The summed E-state index contributed by atoms with van der Waals surface area (Å²) in [5.41, 5.74) is -0.842. The van der Waals surface area contributed by atoms with Crippen LogP contribution in [-0.4, -0.2) is 24.5 Å². The highest BCUT2D eigenvalue weighted by atomic mass is 19.4. The summed E-state index contributed by atoms with van der Waals surface area (Å²) < 4.78 is 38.9. The van der Waals surface area contributed by atoms with Crippen molar-refractivity contribution in [3.63, 3.8) is 0 Å². The SMILES string of the molecule is CCNC(=O)C(C)NC(=O)NC(C)c1ccccc1C(F)(F)F. The molecule has 0 bridgehead atoms. The lowest BCUT2D eigenvalue weighted by molar-refractivity contribution is -0.138. The van der Waals surface area contributed by atoms with Gasteiger partial charge in [0.15, 0.2) is 0 Å². The molecule has 2 atom stereocenters. The zero-order valence-electron chi connectivity index (χ0n) is 13.1.